The van der Waals surface area contributed by atoms with Crippen LogP contribution in [0.15, 0.2) is 47.4 Å². The molecule has 1 heterocycles. The van der Waals surface area contributed by atoms with Gasteiger partial charge in [0, 0.05) is 6.54 Å². The Morgan fingerprint density at radius 3 is 2.63 bits per heavy atom. The van der Waals surface area contributed by atoms with Crippen LogP contribution in [0.4, 0.5) is 15.8 Å². The van der Waals surface area contributed by atoms with E-state index in [9.17, 15) is 17.6 Å². The van der Waals surface area contributed by atoms with Crippen LogP contribution in [0.25, 0.3) is 0 Å². The quantitative estimate of drug-likeness (QED) is 0.865. The monoisotopic (exact) mass is 392 g/mol. The first-order valence-electron chi connectivity index (χ1n) is 8.51. The molecule has 0 bridgehead atoms. The third kappa shape index (κ3) is 3.75. The number of rotatable bonds is 4. The van der Waals surface area contributed by atoms with Gasteiger partial charge in [-0.2, -0.15) is 0 Å². The molecule has 1 aliphatic rings. The number of fused-ring (bicyclic) bond motifs is 1. The molecule has 0 aliphatic carbocycles. The van der Waals surface area contributed by atoms with Gasteiger partial charge in [0.2, 0.25) is 5.91 Å². The van der Waals surface area contributed by atoms with Crippen molar-refractivity contribution in [1.82, 2.24) is 0 Å². The molecule has 0 fully saturated rings. The molecule has 0 saturated carbocycles. The number of sulfonamides is 1. The zero-order chi connectivity index (χ0) is 19.8. The number of carbonyl (C=O) groups excluding carboxylic acids is 1. The number of hydrogen-bond donors (Lipinski definition) is 1. The summed E-state index contributed by atoms with van der Waals surface area (Å²) in [7, 11) is -3.97. The summed E-state index contributed by atoms with van der Waals surface area (Å²) in [6.07, 6.45) is 0. The fourth-order valence-electron chi connectivity index (χ4n) is 2.87. The summed E-state index contributed by atoms with van der Waals surface area (Å²) < 4.78 is 46.6. The van der Waals surface area contributed by atoms with Crippen LogP contribution in [-0.4, -0.2) is 27.5 Å². The first-order chi connectivity index (χ1) is 12.6. The fourth-order valence-corrected chi connectivity index (χ4v) is 3.95. The summed E-state index contributed by atoms with van der Waals surface area (Å²) in [5, 5.41) is 0. The molecule has 8 heteroatoms. The van der Waals surface area contributed by atoms with Gasteiger partial charge in [-0.15, -0.1) is 0 Å². The molecule has 6 nitrogen and oxygen atoms in total. The van der Waals surface area contributed by atoms with Crippen molar-refractivity contribution in [2.45, 2.75) is 25.7 Å². The van der Waals surface area contributed by atoms with Gasteiger partial charge in [0.15, 0.2) is 0 Å². The fraction of sp³-hybridized carbons (Fsp3) is 0.316. The summed E-state index contributed by atoms with van der Waals surface area (Å²) in [6.45, 7) is 6.09. The molecule has 1 amide bonds. The van der Waals surface area contributed by atoms with Crippen LogP contribution in [0.3, 0.4) is 0 Å². The number of nitrogens with zero attached hydrogens (tertiary/aromatic N) is 1. The van der Waals surface area contributed by atoms with E-state index in [-0.39, 0.29) is 23.1 Å². The molecule has 0 atom stereocenters. The maximum absolute atomic E-state index is 13.4. The summed E-state index contributed by atoms with van der Waals surface area (Å²) in [5.74, 6) is -0.239. The van der Waals surface area contributed by atoms with Gasteiger partial charge in [-0.3, -0.25) is 9.52 Å². The van der Waals surface area contributed by atoms with E-state index in [1.807, 2.05) is 6.92 Å². The van der Waals surface area contributed by atoms with Crippen molar-refractivity contribution >= 4 is 27.3 Å². The van der Waals surface area contributed by atoms with Crippen molar-refractivity contribution in [2.75, 3.05) is 22.8 Å². The molecular formula is C19H21FN2O4S. The topological polar surface area (TPSA) is 75.7 Å². The Hall–Kier alpha value is -2.61. The standard InChI is InChI=1S/C19H21FN2O4S/c1-4-22-16-11-14(8-9-17(16)26-12-19(2,3)18(22)23)21-27(24,25)15-7-5-6-13(20)10-15/h5-11,21H,4,12H2,1-3H3. The molecule has 1 aliphatic heterocycles. The van der Waals surface area contributed by atoms with Crippen LogP contribution in [0.1, 0.15) is 20.8 Å². The van der Waals surface area contributed by atoms with Crippen molar-refractivity contribution in [3.05, 3.63) is 48.3 Å². The Morgan fingerprint density at radius 1 is 1.22 bits per heavy atom. The van der Waals surface area contributed by atoms with Crippen LogP contribution in [0.2, 0.25) is 0 Å². The third-order valence-electron chi connectivity index (χ3n) is 4.34. The highest BCUT2D eigenvalue weighted by molar-refractivity contribution is 7.92. The molecule has 0 radical (unpaired) electrons. The van der Waals surface area contributed by atoms with E-state index in [0.29, 0.717) is 18.0 Å². The van der Waals surface area contributed by atoms with E-state index in [0.717, 1.165) is 6.07 Å². The van der Waals surface area contributed by atoms with Gasteiger partial charge in [0.1, 0.15) is 18.2 Å². The Kier molecular flexibility index (Phi) is 4.86. The van der Waals surface area contributed by atoms with Gasteiger partial charge in [0.25, 0.3) is 10.0 Å². The van der Waals surface area contributed by atoms with Crippen molar-refractivity contribution in [3.8, 4) is 5.75 Å². The van der Waals surface area contributed by atoms with E-state index in [2.05, 4.69) is 4.72 Å². The van der Waals surface area contributed by atoms with E-state index in [1.165, 1.54) is 18.2 Å². The molecule has 2 aromatic carbocycles. The summed E-state index contributed by atoms with van der Waals surface area (Å²) in [6, 6.07) is 9.47. The van der Waals surface area contributed by atoms with Gasteiger partial charge in [-0.1, -0.05) is 6.07 Å². The van der Waals surface area contributed by atoms with Gasteiger partial charge in [-0.05, 0) is 57.2 Å². The highest BCUT2D eigenvalue weighted by Crippen LogP contribution is 2.38. The number of carbonyl (C=O) groups is 1. The minimum absolute atomic E-state index is 0.103. The third-order valence-corrected chi connectivity index (χ3v) is 5.72. The second-order valence-electron chi connectivity index (χ2n) is 6.97. The Labute approximate surface area is 158 Å². The second kappa shape index (κ2) is 6.84. The van der Waals surface area contributed by atoms with Crippen molar-refractivity contribution in [1.29, 1.82) is 0 Å². The summed E-state index contributed by atoms with van der Waals surface area (Å²) in [4.78, 5) is 14.2. The molecular weight excluding hydrogens is 371 g/mol. The summed E-state index contributed by atoms with van der Waals surface area (Å²) >= 11 is 0. The molecule has 3 rings (SSSR count). The first-order valence-corrected chi connectivity index (χ1v) is 9.99. The second-order valence-corrected chi connectivity index (χ2v) is 8.65. The maximum Gasteiger partial charge on any atom is 0.261 e. The van der Waals surface area contributed by atoms with Crippen LogP contribution < -0.4 is 14.4 Å². The molecule has 2 aromatic rings. The molecule has 0 saturated heterocycles. The predicted molar refractivity (Wildman–Crippen MR) is 101 cm³/mol. The Bertz CT molecular complexity index is 989. The number of hydrogen-bond acceptors (Lipinski definition) is 4. The zero-order valence-electron chi connectivity index (χ0n) is 15.3. The maximum atomic E-state index is 13.4. The average molecular weight is 392 g/mol. The lowest BCUT2D eigenvalue weighted by Gasteiger charge is -2.27. The van der Waals surface area contributed by atoms with Crippen molar-refractivity contribution < 1.29 is 22.3 Å². The van der Waals surface area contributed by atoms with Crippen LogP contribution >= 0.6 is 0 Å². The molecule has 0 spiro atoms. The van der Waals surface area contributed by atoms with Crippen LogP contribution in [0, 0.1) is 11.2 Å². The van der Waals surface area contributed by atoms with E-state index >= 15 is 0 Å². The number of anilines is 2. The van der Waals surface area contributed by atoms with E-state index in [1.54, 1.807) is 36.9 Å². The first kappa shape index (κ1) is 19.2. The minimum Gasteiger partial charge on any atom is -0.490 e. The number of benzene rings is 2. The highest BCUT2D eigenvalue weighted by atomic mass is 32.2. The minimum atomic E-state index is -3.97. The summed E-state index contributed by atoms with van der Waals surface area (Å²) in [5.41, 5.74) is 0.0519. The van der Waals surface area contributed by atoms with Gasteiger partial charge < -0.3 is 9.64 Å². The number of halogens is 1. The van der Waals surface area contributed by atoms with Gasteiger partial charge >= 0.3 is 0 Å². The van der Waals surface area contributed by atoms with Gasteiger partial charge in [0.05, 0.1) is 21.7 Å². The highest BCUT2D eigenvalue weighted by Gasteiger charge is 2.37. The van der Waals surface area contributed by atoms with Gasteiger partial charge in [-0.25, -0.2) is 12.8 Å². The lowest BCUT2D eigenvalue weighted by molar-refractivity contribution is -0.127. The number of ether oxygens (including phenoxy) is 1. The van der Waals surface area contributed by atoms with Crippen molar-refractivity contribution in [2.24, 2.45) is 5.41 Å². The normalized spacial score (nSPS) is 16.3. The van der Waals surface area contributed by atoms with Crippen LogP contribution in [-0.2, 0) is 14.8 Å². The largest absolute Gasteiger partial charge is 0.490 e. The molecule has 27 heavy (non-hydrogen) atoms. The number of nitrogens with one attached hydrogen (secondary N) is 1. The Balaban J connectivity index is 1.98. The van der Waals surface area contributed by atoms with Crippen LogP contribution in [0.5, 0.6) is 5.75 Å². The predicted octanol–water partition coefficient (Wildman–Crippen LogP) is 3.40. The lowest BCUT2D eigenvalue weighted by Crippen LogP contribution is -2.42. The smallest absolute Gasteiger partial charge is 0.261 e. The molecule has 1 N–H and O–H groups in total. The van der Waals surface area contributed by atoms with Crippen molar-refractivity contribution in [3.63, 3.8) is 0 Å². The molecule has 0 aromatic heterocycles. The molecule has 144 valence electrons. The van der Waals surface area contributed by atoms with E-state index in [4.69, 9.17) is 4.74 Å². The number of amides is 1. The Morgan fingerprint density at radius 2 is 1.96 bits per heavy atom. The molecule has 0 unspecified atom stereocenters. The SMILES string of the molecule is CCN1C(=O)C(C)(C)COc2ccc(NS(=O)(=O)c3cccc(F)c3)cc21. The lowest BCUT2D eigenvalue weighted by atomic mass is 9.93. The zero-order valence-corrected chi connectivity index (χ0v) is 16.1. The van der Waals surface area contributed by atoms with E-state index < -0.39 is 21.3 Å². The average Bonchev–Trinajstić information content (AvgIpc) is 2.69.